The Morgan fingerprint density at radius 3 is 2.74 bits per heavy atom. The molecule has 1 aliphatic heterocycles. The molecule has 214 valence electrons. The zero-order chi connectivity index (χ0) is 29.3. The molecular formula is C31H23F4N3O4. The summed E-state index contributed by atoms with van der Waals surface area (Å²) in [5.74, 6) is -6.20. The summed E-state index contributed by atoms with van der Waals surface area (Å²) in [6.45, 7) is 2.39. The molecule has 3 N–H and O–H groups in total. The molecule has 0 unspecified atom stereocenters. The molecule has 0 amide bonds. The third-order valence-electron chi connectivity index (χ3n) is 8.37. The van der Waals surface area contributed by atoms with Gasteiger partial charge >= 0.3 is 5.97 Å². The van der Waals surface area contributed by atoms with E-state index in [1.54, 1.807) is 6.20 Å². The Morgan fingerprint density at radius 2 is 1.95 bits per heavy atom. The molecule has 0 radical (unpaired) electrons. The summed E-state index contributed by atoms with van der Waals surface area (Å²) in [6, 6.07) is 10.4. The zero-order valence-corrected chi connectivity index (χ0v) is 22.1. The maximum atomic E-state index is 15.0. The van der Waals surface area contributed by atoms with Crippen LogP contribution in [-0.4, -0.2) is 32.6 Å². The molecule has 5 aromatic rings. The van der Waals surface area contributed by atoms with E-state index in [9.17, 15) is 23.1 Å². The summed E-state index contributed by atoms with van der Waals surface area (Å²) in [5.41, 5.74) is 1.44. The van der Waals surface area contributed by atoms with Gasteiger partial charge in [-0.1, -0.05) is 18.2 Å². The van der Waals surface area contributed by atoms with E-state index < -0.39 is 46.3 Å². The quantitative estimate of drug-likeness (QED) is 0.147. The number of hydrogen-bond acceptors (Lipinski definition) is 4. The Bertz CT molecular complexity index is 1900. The van der Waals surface area contributed by atoms with Gasteiger partial charge in [0.15, 0.2) is 11.6 Å². The minimum Gasteiger partial charge on any atom is -0.493 e. The summed E-state index contributed by atoms with van der Waals surface area (Å²) in [7, 11) is 0. The van der Waals surface area contributed by atoms with Crippen LogP contribution in [0.1, 0.15) is 42.5 Å². The molecule has 2 aliphatic rings. The van der Waals surface area contributed by atoms with E-state index in [0.29, 0.717) is 30.9 Å². The minimum atomic E-state index is -1.51. The first kappa shape index (κ1) is 26.1. The highest BCUT2D eigenvalue weighted by Gasteiger charge is 2.47. The maximum Gasteiger partial charge on any atom is 0.307 e. The Hall–Kier alpha value is -4.80. The average molecular weight is 578 g/mol. The molecule has 0 bridgehead atoms. The molecule has 42 heavy (non-hydrogen) atoms. The van der Waals surface area contributed by atoms with E-state index in [2.05, 4.69) is 15.0 Å². The molecule has 2 aromatic heterocycles. The number of aromatic nitrogens is 3. The molecular weight excluding hydrogens is 554 g/mol. The van der Waals surface area contributed by atoms with Crippen LogP contribution in [0.4, 0.5) is 17.6 Å². The number of imidazole rings is 1. The normalized spacial score (nSPS) is 21.2. The molecule has 3 aromatic carbocycles. The second-order valence-electron chi connectivity index (χ2n) is 10.9. The number of ether oxygens (including phenoxy) is 2. The van der Waals surface area contributed by atoms with Gasteiger partial charge in [0.25, 0.3) is 0 Å². The number of carboxylic acids is 1. The van der Waals surface area contributed by atoms with E-state index in [-0.39, 0.29) is 34.0 Å². The van der Waals surface area contributed by atoms with Crippen LogP contribution in [0.25, 0.3) is 22.3 Å². The standard InChI is InChI=1S/C31H23F4N3O4/c1-31(8-10-41-27-15(3-2-4-20(27)31)17-12-18(17)30(39)40)22-13-37-29(38-22)19-11-14(5-6-21(19)32)42-28-23(33)16-7-9-36-26(16)24(34)25(28)35/h2-7,9,11,13,17-18,36H,8,10,12H2,1H3,(H,37,38)(H,39,40)/t17-,18+,31+/m1/s1. The van der Waals surface area contributed by atoms with Crippen LogP contribution in [0.5, 0.6) is 17.2 Å². The van der Waals surface area contributed by atoms with Crippen molar-refractivity contribution in [3.05, 3.63) is 94.9 Å². The van der Waals surface area contributed by atoms with E-state index >= 15 is 4.39 Å². The molecule has 7 nitrogen and oxygen atoms in total. The van der Waals surface area contributed by atoms with Gasteiger partial charge in [-0.2, -0.15) is 4.39 Å². The van der Waals surface area contributed by atoms with Crippen molar-refractivity contribution >= 4 is 16.9 Å². The highest BCUT2D eigenvalue weighted by Crippen LogP contribution is 2.54. The minimum absolute atomic E-state index is 0.0188. The molecule has 7 rings (SSSR count). The van der Waals surface area contributed by atoms with Gasteiger partial charge in [-0.3, -0.25) is 4.79 Å². The lowest BCUT2D eigenvalue weighted by Crippen LogP contribution is -2.32. The van der Waals surface area contributed by atoms with Crippen LogP contribution < -0.4 is 9.47 Å². The third kappa shape index (κ3) is 3.94. The second-order valence-corrected chi connectivity index (χ2v) is 10.9. The molecule has 0 spiro atoms. The molecule has 0 saturated heterocycles. The second kappa shape index (κ2) is 9.37. The van der Waals surface area contributed by atoms with Gasteiger partial charge in [0.05, 0.1) is 23.6 Å². The number of rotatable bonds is 6. The van der Waals surface area contributed by atoms with Crippen LogP contribution in [0.15, 0.2) is 54.9 Å². The Labute approximate surface area is 236 Å². The van der Waals surface area contributed by atoms with Crippen LogP contribution >= 0.6 is 0 Å². The summed E-state index contributed by atoms with van der Waals surface area (Å²) >= 11 is 0. The fourth-order valence-electron chi connectivity index (χ4n) is 5.88. The number of H-pyrrole nitrogens is 2. The summed E-state index contributed by atoms with van der Waals surface area (Å²) < 4.78 is 70.6. The average Bonchev–Trinajstić information content (AvgIpc) is 3.36. The lowest BCUT2D eigenvalue weighted by atomic mass is 9.74. The number of halogens is 4. The van der Waals surface area contributed by atoms with Crippen LogP contribution in [0.2, 0.25) is 0 Å². The van der Waals surface area contributed by atoms with Gasteiger partial charge in [-0.25, -0.2) is 18.2 Å². The topological polar surface area (TPSA) is 100 Å². The molecule has 1 saturated carbocycles. The number of hydrogen-bond donors (Lipinski definition) is 3. The Morgan fingerprint density at radius 1 is 1.12 bits per heavy atom. The van der Waals surface area contributed by atoms with E-state index in [4.69, 9.17) is 9.47 Å². The van der Waals surface area contributed by atoms with E-state index in [1.807, 2.05) is 25.1 Å². The predicted octanol–water partition coefficient (Wildman–Crippen LogP) is 7.18. The highest BCUT2D eigenvalue weighted by atomic mass is 19.2. The van der Waals surface area contributed by atoms with Crippen molar-refractivity contribution < 1.29 is 36.9 Å². The largest absolute Gasteiger partial charge is 0.493 e. The number of aromatic amines is 2. The van der Waals surface area contributed by atoms with Gasteiger partial charge < -0.3 is 24.5 Å². The smallest absolute Gasteiger partial charge is 0.307 e. The fourth-order valence-corrected chi connectivity index (χ4v) is 5.88. The number of carboxylic acid groups (broad SMARTS) is 1. The van der Waals surface area contributed by atoms with Crippen molar-refractivity contribution in [3.63, 3.8) is 0 Å². The first-order valence-electron chi connectivity index (χ1n) is 13.3. The van der Waals surface area contributed by atoms with E-state index in [1.165, 1.54) is 24.4 Å². The van der Waals surface area contributed by atoms with Crippen molar-refractivity contribution in [2.24, 2.45) is 5.92 Å². The number of nitrogens with one attached hydrogen (secondary N) is 2. The number of benzene rings is 3. The number of fused-ring (bicyclic) bond motifs is 2. The predicted molar refractivity (Wildman–Crippen MR) is 144 cm³/mol. The van der Waals surface area contributed by atoms with Crippen molar-refractivity contribution in [1.29, 1.82) is 0 Å². The van der Waals surface area contributed by atoms with Gasteiger partial charge in [0.2, 0.25) is 11.6 Å². The third-order valence-corrected chi connectivity index (χ3v) is 8.37. The number of para-hydroxylation sites is 1. The van der Waals surface area contributed by atoms with Gasteiger partial charge in [-0.15, -0.1) is 0 Å². The van der Waals surface area contributed by atoms with Crippen molar-refractivity contribution in [2.75, 3.05) is 6.61 Å². The first-order valence-corrected chi connectivity index (χ1v) is 13.3. The van der Waals surface area contributed by atoms with Crippen molar-refractivity contribution in [1.82, 2.24) is 15.0 Å². The maximum absolute atomic E-state index is 15.0. The van der Waals surface area contributed by atoms with Gasteiger partial charge in [0.1, 0.15) is 23.1 Å². The van der Waals surface area contributed by atoms with E-state index in [0.717, 1.165) is 17.2 Å². The van der Waals surface area contributed by atoms with Crippen LogP contribution in [0, 0.1) is 29.2 Å². The lowest BCUT2D eigenvalue weighted by Gasteiger charge is -2.36. The number of nitrogens with zero attached hydrogens (tertiary/aromatic N) is 1. The first-order chi connectivity index (χ1) is 20.2. The lowest BCUT2D eigenvalue weighted by molar-refractivity contribution is -0.138. The number of carbonyl (C=O) groups is 1. The van der Waals surface area contributed by atoms with Crippen LogP contribution in [-0.2, 0) is 10.2 Å². The SMILES string of the molecule is C[C@]1(c2cnc(-c3cc(Oc4c(F)c(F)c5[nH]ccc5c4F)ccc3F)[nH]2)CCOc2c([C@H]3C[C@@H]3C(=O)O)cccc21. The van der Waals surface area contributed by atoms with Gasteiger partial charge in [0, 0.05) is 40.4 Å². The monoisotopic (exact) mass is 577 g/mol. The molecule has 1 fully saturated rings. The van der Waals surface area contributed by atoms with Gasteiger partial charge in [-0.05, 0) is 49.6 Å². The Kier molecular flexibility index (Phi) is 5.83. The molecule has 3 atom stereocenters. The zero-order valence-electron chi connectivity index (χ0n) is 22.1. The molecule has 11 heteroatoms. The van der Waals surface area contributed by atoms with Crippen molar-refractivity contribution in [3.8, 4) is 28.6 Å². The van der Waals surface area contributed by atoms with Crippen LogP contribution in [0.3, 0.4) is 0 Å². The summed E-state index contributed by atoms with van der Waals surface area (Å²) in [6.07, 6.45) is 4.00. The molecule has 1 aliphatic carbocycles. The fraction of sp³-hybridized carbons (Fsp3) is 0.226. The molecule has 3 heterocycles. The van der Waals surface area contributed by atoms with Crippen molar-refractivity contribution in [2.45, 2.75) is 31.1 Å². The summed E-state index contributed by atoms with van der Waals surface area (Å²) in [4.78, 5) is 21.5. The summed E-state index contributed by atoms with van der Waals surface area (Å²) in [5, 5.41) is 9.24. The highest BCUT2D eigenvalue weighted by molar-refractivity contribution is 5.83. The Balaban J connectivity index is 1.23. The number of aliphatic carboxylic acids is 1.